The number of halogens is 2. The summed E-state index contributed by atoms with van der Waals surface area (Å²) < 4.78 is 28.7. The van der Waals surface area contributed by atoms with Gasteiger partial charge < -0.3 is 5.32 Å². The number of carbonyl (C=O) groups is 1. The number of fused-ring (bicyclic) bond motifs is 1. The topological polar surface area (TPSA) is 93.4 Å². The fourth-order valence-electron chi connectivity index (χ4n) is 3.33. The molecule has 0 atom stereocenters. The van der Waals surface area contributed by atoms with E-state index in [2.05, 4.69) is 5.32 Å². The summed E-state index contributed by atoms with van der Waals surface area (Å²) in [4.78, 5) is 24.4. The number of aryl methyl sites for hydroxylation is 2. The second-order valence-electron chi connectivity index (χ2n) is 7.19. The van der Waals surface area contributed by atoms with Crippen LogP contribution in [0.3, 0.4) is 0 Å². The molecule has 2 aromatic carbocycles. The third kappa shape index (κ3) is 5.06. The van der Waals surface area contributed by atoms with E-state index in [1.54, 1.807) is 38.4 Å². The highest BCUT2D eigenvalue weighted by Crippen LogP contribution is 2.31. The molecule has 3 rings (SSSR count). The molecular weight excluding hydrogens is 463 g/mol. The van der Waals surface area contributed by atoms with E-state index in [1.165, 1.54) is 21.3 Å². The van der Waals surface area contributed by atoms with Gasteiger partial charge >= 0.3 is 5.69 Å². The van der Waals surface area contributed by atoms with Crippen LogP contribution in [-0.2, 0) is 28.9 Å². The second kappa shape index (κ2) is 8.94. The molecule has 31 heavy (non-hydrogen) atoms. The number of nitrogens with zero attached hydrogens (tertiary/aromatic N) is 3. The number of sulfonamides is 1. The summed E-state index contributed by atoms with van der Waals surface area (Å²) in [5.74, 6) is -0.272. The molecule has 0 spiro atoms. The maximum Gasteiger partial charge on any atom is 0.328 e. The van der Waals surface area contributed by atoms with Gasteiger partial charge in [-0.15, -0.1) is 0 Å². The Labute approximate surface area is 190 Å². The lowest BCUT2D eigenvalue weighted by molar-refractivity contribution is -0.116. The highest BCUT2D eigenvalue weighted by atomic mass is 35.5. The summed E-state index contributed by atoms with van der Waals surface area (Å²) in [6.45, 7) is 0.0680. The predicted octanol–water partition coefficient (Wildman–Crippen LogP) is 3.37. The van der Waals surface area contributed by atoms with Crippen molar-refractivity contribution in [1.82, 2.24) is 9.13 Å². The van der Waals surface area contributed by atoms with Crippen molar-refractivity contribution >= 4 is 61.5 Å². The maximum absolute atomic E-state index is 12.4. The van der Waals surface area contributed by atoms with E-state index in [1.807, 2.05) is 0 Å². The van der Waals surface area contributed by atoms with Gasteiger partial charge in [0.1, 0.15) is 0 Å². The first-order valence-electron chi connectivity index (χ1n) is 9.37. The van der Waals surface area contributed by atoms with Crippen molar-refractivity contribution < 1.29 is 13.2 Å². The number of amides is 1. The number of anilines is 2. The maximum atomic E-state index is 12.4. The van der Waals surface area contributed by atoms with Crippen molar-refractivity contribution in [2.45, 2.75) is 12.8 Å². The SMILES string of the molecule is Cn1c(=O)n(C)c2cc(NC(=O)CCCN(c3cc(Cl)ccc3Cl)S(C)(=O)=O)ccc21. The van der Waals surface area contributed by atoms with Gasteiger partial charge in [-0.2, -0.15) is 0 Å². The number of benzene rings is 2. The van der Waals surface area contributed by atoms with Crippen molar-refractivity contribution in [3.63, 3.8) is 0 Å². The Kier molecular flexibility index (Phi) is 6.68. The molecule has 3 aromatic rings. The van der Waals surface area contributed by atoms with E-state index < -0.39 is 10.0 Å². The summed E-state index contributed by atoms with van der Waals surface area (Å²) in [7, 11) is -0.274. The van der Waals surface area contributed by atoms with E-state index in [4.69, 9.17) is 23.2 Å². The summed E-state index contributed by atoms with van der Waals surface area (Å²) in [5, 5.41) is 3.39. The Bertz CT molecular complexity index is 1310. The van der Waals surface area contributed by atoms with E-state index in [0.717, 1.165) is 16.1 Å². The number of nitrogens with one attached hydrogen (secondary N) is 1. The van der Waals surface area contributed by atoms with Gasteiger partial charge in [0.25, 0.3) is 0 Å². The van der Waals surface area contributed by atoms with Crippen molar-refractivity contribution in [2.24, 2.45) is 14.1 Å². The van der Waals surface area contributed by atoms with Gasteiger partial charge in [0.15, 0.2) is 0 Å². The van der Waals surface area contributed by atoms with Gasteiger partial charge in [0.05, 0.1) is 28.0 Å². The van der Waals surface area contributed by atoms with Crippen LogP contribution < -0.4 is 15.3 Å². The molecule has 1 amide bonds. The minimum atomic E-state index is -3.62. The predicted molar refractivity (Wildman–Crippen MR) is 125 cm³/mol. The van der Waals surface area contributed by atoms with Crippen LogP contribution in [-0.4, -0.2) is 36.3 Å². The van der Waals surface area contributed by atoms with Crippen LogP contribution in [0.25, 0.3) is 11.0 Å². The summed E-state index contributed by atoms with van der Waals surface area (Å²) in [5.41, 5.74) is 2.12. The van der Waals surface area contributed by atoms with Crippen molar-refractivity contribution in [1.29, 1.82) is 0 Å². The first kappa shape index (κ1) is 23.2. The van der Waals surface area contributed by atoms with Crippen molar-refractivity contribution in [3.05, 3.63) is 56.9 Å². The minimum Gasteiger partial charge on any atom is -0.326 e. The summed E-state index contributed by atoms with van der Waals surface area (Å²) in [6.07, 6.45) is 1.44. The molecular formula is C20H22Cl2N4O4S. The standard InChI is InChI=1S/C20H22Cl2N4O4S/c1-24-16-9-7-14(12-18(16)25(2)20(24)28)23-19(27)5-4-10-26(31(3,29)30)17-11-13(21)6-8-15(17)22/h6-9,11-12H,4-5,10H2,1-3H3,(H,23,27). The molecule has 0 fully saturated rings. The quantitative estimate of drug-likeness (QED) is 0.556. The van der Waals surface area contributed by atoms with Gasteiger partial charge in [-0.1, -0.05) is 23.2 Å². The third-order valence-corrected chi connectivity index (χ3v) is 6.63. The zero-order chi connectivity index (χ0) is 22.9. The molecule has 0 aliphatic carbocycles. The average molecular weight is 485 g/mol. The molecule has 1 aromatic heterocycles. The van der Waals surface area contributed by atoms with Gasteiger partial charge in [0.2, 0.25) is 15.9 Å². The molecule has 0 saturated heterocycles. The fourth-order valence-corrected chi connectivity index (χ4v) is 4.74. The van der Waals surface area contributed by atoms with E-state index in [-0.39, 0.29) is 41.7 Å². The fraction of sp³-hybridized carbons (Fsp3) is 0.300. The van der Waals surface area contributed by atoms with Crippen LogP contribution in [0.4, 0.5) is 11.4 Å². The van der Waals surface area contributed by atoms with E-state index in [9.17, 15) is 18.0 Å². The lowest BCUT2D eigenvalue weighted by Gasteiger charge is -2.23. The Morgan fingerprint density at radius 3 is 2.42 bits per heavy atom. The highest BCUT2D eigenvalue weighted by molar-refractivity contribution is 7.92. The van der Waals surface area contributed by atoms with E-state index in [0.29, 0.717) is 16.2 Å². The molecule has 0 aliphatic heterocycles. The molecule has 0 unspecified atom stereocenters. The van der Waals surface area contributed by atoms with Gasteiger partial charge in [-0.05, 0) is 42.8 Å². The smallest absolute Gasteiger partial charge is 0.326 e. The Morgan fingerprint density at radius 2 is 1.74 bits per heavy atom. The van der Waals surface area contributed by atoms with Crippen LogP contribution in [0.1, 0.15) is 12.8 Å². The zero-order valence-corrected chi connectivity index (χ0v) is 19.6. The lowest BCUT2D eigenvalue weighted by Crippen LogP contribution is -2.31. The monoisotopic (exact) mass is 484 g/mol. The minimum absolute atomic E-state index is 0.0680. The zero-order valence-electron chi connectivity index (χ0n) is 17.2. The highest BCUT2D eigenvalue weighted by Gasteiger charge is 2.20. The number of aromatic nitrogens is 2. The first-order valence-corrected chi connectivity index (χ1v) is 12.0. The van der Waals surface area contributed by atoms with Crippen molar-refractivity contribution in [3.8, 4) is 0 Å². The molecule has 1 heterocycles. The third-order valence-electron chi connectivity index (χ3n) is 4.90. The van der Waals surface area contributed by atoms with Gasteiger partial charge in [0, 0.05) is 37.8 Å². The first-order chi connectivity index (χ1) is 14.5. The molecule has 0 radical (unpaired) electrons. The summed E-state index contributed by atoms with van der Waals surface area (Å²) >= 11 is 12.1. The number of imidazole rings is 1. The van der Waals surface area contributed by atoms with Crippen LogP contribution in [0.2, 0.25) is 10.0 Å². The number of hydrogen-bond acceptors (Lipinski definition) is 4. The van der Waals surface area contributed by atoms with Crippen LogP contribution >= 0.6 is 23.2 Å². The molecule has 8 nitrogen and oxygen atoms in total. The van der Waals surface area contributed by atoms with Crippen LogP contribution in [0.15, 0.2) is 41.2 Å². The molecule has 1 N–H and O–H groups in total. The van der Waals surface area contributed by atoms with Gasteiger partial charge in [-0.3, -0.25) is 18.2 Å². The molecule has 0 bridgehead atoms. The van der Waals surface area contributed by atoms with Crippen LogP contribution in [0, 0.1) is 0 Å². The second-order valence-corrected chi connectivity index (χ2v) is 9.94. The summed E-state index contributed by atoms with van der Waals surface area (Å²) in [6, 6.07) is 9.78. The molecule has 0 saturated carbocycles. The van der Waals surface area contributed by atoms with Crippen molar-refractivity contribution in [2.75, 3.05) is 22.4 Å². The van der Waals surface area contributed by atoms with Gasteiger partial charge in [-0.25, -0.2) is 13.2 Å². The number of rotatable bonds is 7. The molecule has 166 valence electrons. The normalized spacial score (nSPS) is 11.6. The largest absolute Gasteiger partial charge is 0.328 e. The lowest BCUT2D eigenvalue weighted by atomic mass is 10.2. The number of hydrogen-bond donors (Lipinski definition) is 1. The molecule has 0 aliphatic rings. The Hall–Kier alpha value is -2.49. The Balaban J connectivity index is 1.68. The van der Waals surface area contributed by atoms with Crippen LogP contribution in [0.5, 0.6) is 0 Å². The number of carbonyl (C=O) groups excluding carboxylic acids is 1. The average Bonchev–Trinajstić information content (AvgIpc) is 2.90. The molecule has 11 heteroatoms. The Morgan fingerprint density at radius 1 is 1.06 bits per heavy atom. The van der Waals surface area contributed by atoms with E-state index >= 15 is 0 Å².